The topological polar surface area (TPSA) is 71.8 Å². The van der Waals surface area contributed by atoms with E-state index < -0.39 is 11.7 Å². The number of rotatable bonds is 9. The van der Waals surface area contributed by atoms with Gasteiger partial charge in [-0.25, -0.2) is 0 Å². The number of halogens is 4. The fourth-order valence-corrected chi connectivity index (χ4v) is 6.75. The van der Waals surface area contributed by atoms with Gasteiger partial charge in [-0.05, 0) is 64.0 Å². The molecule has 0 amide bonds. The number of likely N-dealkylation sites (tertiary alicyclic amines) is 1. The number of nitriles is 1. The van der Waals surface area contributed by atoms with Crippen molar-refractivity contribution >= 4 is 23.1 Å². The van der Waals surface area contributed by atoms with Crippen LogP contribution in [0.3, 0.4) is 0 Å². The number of hydrogen-bond acceptors (Lipinski definition) is 8. The molecule has 43 heavy (non-hydrogen) atoms. The molecule has 4 heterocycles. The van der Waals surface area contributed by atoms with Gasteiger partial charge in [0.2, 0.25) is 0 Å². The number of hydrogen-bond donors (Lipinski definition) is 0. The van der Waals surface area contributed by atoms with Gasteiger partial charge in [0.05, 0.1) is 53.7 Å². The Morgan fingerprint density at radius 3 is 2.63 bits per heavy atom. The lowest BCUT2D eigenvalue weighted by Gasteiger charge is -2.42. The van der Waals surface area contributed by atoms with E-state index in [1.807, 2.05) is 19.2 Å². The first-order valence-corrected chi connectivity index (χ1v) is 15.4. The Morgan fingerprint density at radius 2 is 1.95 bits per heavy atom. The second-order valence-electron chi connectivity index (χ2n) is 12.2. The highest BCUT2D eigenvalue weighted by molar-refractivity contribution is 6.31. The minimum Gasteiger partial charge on any atom is -0.463 e. The highest BCUT2D eigenvalue weighted by atomic mass is 35.5. The van der Waals surface area contributed by atoms with E-state index in [2.05, 4.69) is 20.8 Å². The maximum Gasteiger partial charge on any atom is 0.419 e. The van der Waals surface area contributed by atoms with Crippen LogP contribution in [0.25, 0.3) is 0 Å². The Hall–Kier alpha value is -3.23. The van der Waals surface area contributed by atoms with Gasteiger partial charge in [0.15, 0.2) is 0 Å². The molecule has 6 rings (SSSR count). The molecular weight excluding hydrogens is 579 g/mol. The number of benzene rings is 1. The number of ether oxygens (including phenoxy) is 1. The number of aromatic nitrogens is 2. The lowest BCUT2D eigenvalue weighted by Crippen LogP contribution is -2.51. The minimum atomic E-state index is -4.59. The lowest BCUT2D eigenvalue weighted by atomic mass is 10.0. The third kappa shape index (κ3) is 6.36. The van der Waals surface area contributed by atoms with Crippen LogP contribution >= 0.6 is 11.6 Å². The molecule has 12 heteroatoms. The Balaban J connectivity index is 1.31. The third-order valence-corrected chi connectivity index (χ3v) is 9.42. The van der Waals surface area contributed by atoms with Crippen molar-refractivity contribution in [3.63, 3.8) is 0 Å². The summed E-state index contributed by atoms with van der Waals surface area (Å²) in [5, 5.41) is 9.19. The van der Waals surface area contributed by atoms with E-state index in [1.165, 1.54) is 18.6 Å². The van der Waals surface area contributed by atoms with Crippen LogP contribution in [0.2, 0.25) is 5.02 Å². The van der Waals surface area contributed by atoms with Gasteiger partial charge in [-0.3, -0.25) is 0 Å². The summed E-state index contributed by atoms with van der Waals surface area (Å²) in [6, 6.07) is 6.87. The van der Waals surface area contributed by atoms with Crippen molar-refractivity contribution < 1.29 is 17.9 Å². The SMILES string of the molecule is CC=CN1CCN(c2nc(OCC3(CN4CCC4)CC3)nc3c2CCN(c2cccc(Cl)c2C(F)(F)F)C3)C[C@@H]1CC#N. The summed E-state index contributed by atoms with van der Waals surface area (Å²) in [5.74, 6) is 0.762. The van der Waals surface area contributed by atoms with Crippen molar-refractivity contribution in [1.29, 1.82) is 5.26 Å². The first-order valence-electron chi connectivity index (χ1n) is 15.1. The van der Waals surface area contributed by atoms with Gasteiger partial charge < -0.3 is 24.3 Å². The molecule has 2 aromatic rings. The van der Waals surface area contributed by atoms with E-state index >= 15 is 0 Å². The molecule has 0 unspecified atom stereocenters. The molecule has 1 aromatic heterocycles. The van der Waals surface area contributed by atoms with Crippen molar-refractivity contribution in [2.24, 2.45) is 5.41 Å². The van der Waals surface area contributed by atoms with Crippen LogP contribution in [0.15, 0.2) is 30.5 Å². The summed E-state index contributed by atoms with van der Waals surface area (Å²) < 4.78 is 48.5. The standard InChI is InChI=1S/C31H37ClF3N7O/c1-2-12-40-16-17-42(18-22(40)7-11-36)28-23-8-15-41(26-6-3-5-24(32)27(26)31(33,34)35)19-25(23)37-29(38-28)43-21-30(9-10-30)20-39-13-4-14-39/h2-3,5-6,12,22H,4,7-10,13-21H2,1H3/t22-/m0/s1. The van der Waals surface area contributed by atoms with Crippen LogP contribution in [-0.4, -0.2) is 78.2 Å². The van der Waals surface area contributed by atoms with E-state index in [-0.39, 0.29) is 34.7 Å². The third-order valence-electron chi connectivity index (χ3n) is 9.11. The molecule has 0 radical (unpaired) electrons. The zero-order valence-corrected chi connectivity index (χ0v) is 25.2. The molecule has 2 saturated heterocycles. The highest BCUT2D eigenvalue weighted by Gasteiger charge is 2.46. The van der Waals surface area contributed by atoms with Gasteiger partial charge in [-0.2, -0.15) is 28.4 Å². The fourth-order valence-electron chi connectivity index (χ4n) is 6.47. The van der Waals surface area contributed by atoms with Crippen LogP contribution in [0.4, 0.5) is 24.7 Å². The van der Waals surface area contributed by atoms with E-state index in [0.29, 0.717) is 44.8 Å². The van der Waals surface area contributed by atoms with Gasteiger partial charge in [0.1, 0.15) is 5.82 Å². The number of piperazine rings is 1. The lowest BCUT2D eigenvalue weighted by molar-refractivity contribution is -0.137. The molecule has 0 bridgehead atoms. The quantitative estimate of drug-likeness (QED) is 0.366. The first kappa shape index (κ1) is 29.8. The van der Waals surface area contributed by atoms with Gasteiger partial charge in [0.25, 0.3) is 0 Å². The Labute approximate surface area is 255 Å². The number of allylic oxidation sites excluding steroid dienone is 1. The van der Waals surface area contributed by atoms with Crippen molar-refractivity contribution in [1.82, 2.24) is 19.8 Å². The van der Waals surface area contributed by atoms with Crippen LogP contribution in [-0.2, 0) is 19.1 Å². The maximum absolute atomic E-state index is 14.1. The van der Waals surface area contributed by atoms with Crippen molar-refractivity contribution in [2.45, 2.75) is 57.8 Å². The second-order valence-corrected chi connectivity index (χ2v) is 12.6. The van der Waals surface area contributed by atoms with Crippen LogP contribution in [0, 0.1) is 16.7 Å². The smallest absolute Gasteiger partial charge is 0.419 e. The maximum atomic E-state index is 14.1. The molecule has 0 N–H and O–H groups in total. The molecule has 1 aliphatic carbocycles. The molecule has 1 aromatic carbocycles. The van der Waals surface area contributed by atoms with E-state index in [0.717, 1.165) is 50.4 Å². The number of fused-ring (bicyclic) bond motifs is 1. The van der Waals surface area contributed by atoms with E-state index in [4.69, 9.17) is 26.3 Å². The first-order chi connectivity index (χ1) is 20.7. The largest absolute Gasteiger partial charge is 0.463 e. The van der Waals surface area contributed by atoms with Crippen molar-refractivity contribution in [3.8, 4) is 12.1 Å². The molecule has 4 aliphatic rings. The zero-order valence-electron chi connectivity index (χ0n) is 24.4. The molecule has 1 saturated carbocycles. The van der Waals surface area contributed by atoms with Crippen LogP contribution in [0.5, 0.6) is 6.01 Å². The van der Waals surface area contributed by atoms with Gasteiger partial charge in [-0.1, -0.05) is 23.7 Å². The predicted octanol–water partition coefficient (Wildman–Crippen LogP) is 5.51. The summed E-state index contributed by atoms with van der Waals surface area (Å²) in [4.78, 5) is 18.3. The number of nitrogens with zero attached hydrogens (tertiary/aromatic N) is 7. The second kappa shape index (κ2) is 12.0. The monoisotopic (exact) mass is 615 g/mol. The van der Waals surface area contributed by atoms with Crippen molar-refractivity contribution in [2.75, 3.05) is 62.2 Å². The average molecular weight is 616 g/mol. The number of anilines is 2. The van der Waals surface area contributed by atoms with Gasteiger partial charge in [0, 0.05) is 43.7 Å². The van der Waals surface area contributed by atoms with Crippen LogP contribution < -0.4 is 14.5 Å². The highest BCUT2D eigenvalue weighted by Crippen LogP contribution is 2.47. The summed E-state index contributed by atoms with van der Waals surface area (Å²) in [6.45, 7) is 8.34. The molecule has 3 aliphatic heterocycles. The predicted molar refractivity (Wildman–Crippen MR) is 159 cm³/mol. The Bertz CT molecular complexity index is 1400. The summed E-state index contributed by atoms with van der Waals surface area (Å²) in [7, 11) is 0. The van der Waals surface area contributed by atoms with Gasteiger partial charge in [-0.15, -0.1) is 0 Å². The normalized spacial score (nSPS) is 21.9. The minimum absolute atomic E-state index is 0.00270. The van der Waals surface area contributed by atoms with Gasteiger partial charge >= 0.3 is 12.2 Å². The molecule has 3 fully saturated rings. The fraction of sp³-hybridized carbons (Fsp3) is 0.581. The molecule has 8 nitrogen and oxygen atoms in total. The van der Waals surface area contributed by atoms with E-state index in [9.17, 15) is 18.4 Å². The molecule has 1 atom stereocenters. The average Bonchev–Trinajstić information content (AvgIpc) is 3.73. The summed E-state index contributed by atoms with van der Waals surface area (Å²) >= 11 is 6.07. The molecular formula is C31H37ClF3N7O. The zero-order chi connectivity index (χ0) is 30.2. The summed E-state index contributed by atoms with van der Waals surface area (Å²) in [6.07, 6.45) is 3.71. The Morgan fingerprint density at radius 1 is 1.14 bits per heavy atom. The van der Waals surface area contributed by atoms with Crippen molar-refractivity contribution in [3.05, 3.63) is 52.3 Å². The van der Waals surface area contributed by atoms with E-state index in [1.54, 1.807) is 11.0 Å². The summed E-state index contributed by atoms with van der Waals surface area (Å²) in [5.41, 5.74) is 0.932. The molecule has 0 spiro atoms. The Kier molecular flexibility index (Phi) is 8.35. The number of alkyl halides is 3. The van der Waals surface area contributed by atoms with Crippen LogP contribution in [0.1, 0.15) is 49.4 Å². The molecule has 230 valence electrons.